The van der Waals surface area contributed by atoms with E-state index in [1.165, 1.54) is 51.4 Å². The second kappa shape index (κ2) is 11.5. The molecule has 0 saturated carbocycles. The molecule has 2 aromatic carbocycles. The Balaban J connectivity index is 1.11. The maximum absolute atomic E-state index is 5.59. The summed E-state index contributed by atoms with van der Waals surface area (Å²) >= 11 is 0. The molecule has 8 rings (SSSR count). The van der Waals surface area contributed by atoms with Gasteiger partial charge in [-0.05, 0) is 68.6 Å². The normalized spacial score (nSPS) is 24.2. The molecule has 1 aliphatic carbocycles. The molecule has 5 heterocycles. The molecular formula is C37H46N6O. The molecule has 1 atom stereocenters. The van der Waals surface area contributed by atoms with Crippen molar-refractivity contribution < 1.29 is 4.74 Å². The summed E-state index contributed by atoms with van der Waals surface area (Å²) in [4.78, 5) is 18.3. The number of nitrogens with zero attached hydrogens (tertiary/aromatic N) is 6. The van der Waals surface area contributed by atoms with Gasteiger partial charge in [-0.25, -0.2) is 4.98 Å². The molecule has 230 valence electrons. The molecule has 5 aliphatic rings. The molecule has 4 aliphatic heterocycles. The topological polar surface area (TPSA) is 38.3 Å². The summed E-state index contributed by atoms with van der Waals surface area (Å²) in [6.45, 7) is 15.1. The second-order valence-corrected chi connectivity index (χ2v) is 13.6. The van der Waals surface area contributed by atoms with E-state index >= 15 is 0 Å². The second-order valence-electron chi connectivity index (χ2n) is 13.6. The Morgan fingerprint density at radius 2 is 1.61 bits per heavy atom. The van der Waals surface area contributed by atoms with Gasteiger partial charge in [0.05, 0.1) is 41.2 Å². The van der Waals surface area contributed by atoms with E-state index in [1.54, 1.807) is 0 Å². The maximum Gasteiger partial charge on any atom is 0.0882 e. The number of fused-ring (bicyclic) bond motifs is 5. The molecule has 0 bridgehead atoms. The monoisotopic (exact) mass is 590 g/mol. The SMILES string of the molecule is CN1CCN(c2ccc(C3=CC=C4N5CCCN(CCCN6CCOCC6)c6c5c(nc5ccccc65)C4(C)C3)cc2)CC1. The lowest BCUT2D eigenvalue weighted by atomic mass is 9.74. The minimum atomic E-state index is -0.148. The van der Waals surface area contributed by atoms with Gasteiger partial charge in [0, 0.05) is 82.2 Å². The zero-order chi connectivity index (χ0) is 29.7. The lowest BCUT2D eigenvalue weighted by Crippen LogP contribution is -2.44. The average molecular weight is 591 g/mol. The van der Waals surface area contributed by atoms with Gasteiger partial charge in [0.1, 0.15) is 0 Å². The Morgan fingerprint density at radius 1 is 0.818 bits per heavy atom. The van der Waals surface area contributed by atoms with Crippen LogP contribution in [0, 0.1) is 0 Å². The largest absolute Gasteiger partial charge is 0.379 e. The molecule has 0 radical (unpaired) electrons. The van der Waals surface area contributed by atoms with Crippen molar-refractivity contribution in [2.24, 2.45) is 0 Å². The number of aromatic nitrogens is 1. The fourth-order valence-corrected chi connectivity index (χ4v) is 8.20. The van der Waals surface area contributed by atoms with Crippen molar-refractivity contribution in [3.05, 3.63) is 77.6 Å². The van der Waals surface area contributed by atoms with Crippen LogP contribution in [-0.4, -0.2) is 100 Å². The number of likely N-dealkylation sites (N-methyl/N-ethyl adjacent to an activating group) is 1. The van der Waals surface area contributed by atoms with E-state index < -0.39 is 0 Å². The van der Waals surface area contributed by atoms with Gasteiger partial charge in [0.15, 0.2) is 0 Å². The number of anilines is 3. The van der Waals surface area contributed by atoms with Crippen LogP contribution >= 0.6 is 0 Å². The minimum absolute atomic E-state index is 0.148. The molecule has 2 fully saturated rings. The molecule has 1 aromatic heterocycles. The average Bonchev–Trinajstić information content (AvgIpc) is 3.16. The van der Waals surface area contributed by atoms with Crippen molar-refractivity contribution in [3.8, 4) is 0 Å². The van der Waals surface area contributed by atoms with Crippen LogP contribution in [0.1, 0.15) is 37.4 Å². The van der Waals surface area contributed by atoms with Crippen molar-refractivity contribution in [2.75, 3.05) is 100 Å². The summed E-state index contributed by atoms with van der Waals surface area (Å²) in [7, 11) is 2.22. The number of piperazine rings is 1. The van der Waals surface area contributed by atoms with Gasteiger partial charge >= 0.3 is 0 Å². The fourth-order valence-electron chi connectivity index (χ4n) is 8.20. The lowest BCUT2D eigenvalue weighted by Gasteiger charge is -2.34. The van der Waals surface area contributed by atoms with Crippen molar-refractivity contribution in [3.63, 3.8) is 0 Å². The van der Waals surface area contributed by atoms with Gasteiger partial charge in [0.25, 0.3) is 0 Å². The van der Waals surface area contributed by atoms with E-state index in [4.69, 9.17) is 9.72 Å². The van der Waals surface area contributed by atoms with E-state index in [2.05, 4.69) is 99.2 Å². The molecule has 0 amide bonds. The number of para-hydroxylation sites is 1. The highest BCUT2D eigenvalue weighted by atomic mass is 16.5. The van der Waals surface area contributed by atoms with Crippen LogP contribution < -0.4 is 14.7 Å². The number of hydrogen-bond acceptors (Lipinski definition) is 7. The third-order valence-electron chi connectivity index (χ3n) is 10.7. The predicted molar refractivity (Wildman–Crippen MR) is 182 cm³/mol. The Morgan fingerprint density at radius 3 is 2.43 bits per heavy atom. The van der Waals surface area contributed by atoms with Gasteiger partial charge in [0.2, 0.25) is 0 Å². The number of hydrogen-bond donors (Lipinski definition) is 0. The van der Waals surface area contributed by atoms with Crippen LogP contribution in [0.15, 0.2) is 66.4 Å². The number of ether oxygens (including phenoxy) is 1. The Hall–Kier alpha value is -3.39. The molecule has 0 N–H and O–H groups in total. The molecule has 0 spiro atoms. The first kappa shape index (κ1) is 28.1. The van der Waals surface area contributed by atoms with Crippen molar-refractivity contribution in [2.45, 2.75) is 31.6 Å². The van der Waals surface area contributed by atoms with Gasteiger partial charge < -0.3 is 24.3 Å². The number of pyridine rings is 1. The van der Waals surface area contributed by atoms with E-state index in [0.29, 0.717) is 0 Å². The summed E-state index contributed by atoms with van der Waals surface area (Å²) < 4.78 is 5.59. The lowest BCUT2D eigenvalue weighted by molar-refractivity contribution is 0.0376. The summed E-state index contributed by atoms with van der Waals surface area (Å²) in [5.41, 5.74) is 10.5. The van der Waals surface area contributed by atoms with Gasteiger partial charge in [-0.3, -0.25) is 4.90 Å². The Labute approximate surface area is 262 Å². The Bertz CT molecular complexity index is 1580. The quantitative estimate of drug-likeness (QED) is 0.382. The number of allylic oxidation sites excluding steroid dienone is 4. The smallest absolute Gasteiger partial charge is 0.0882 e. The van der Waals surface area contributed by atoms with Crippen molar-refractivity contribution in [1.29, 1.82) is 0 Å². The minimum Gasteiger partial charge on any atom is -0.379 e. The Kier molecular flexibility index (Phi) is 7.36. The van der Waals surface area contributed by atoms with Crippen LogP contribution in [0.25, 0.3) is 16.5 Å². The molecule has 7 nitrogen and oxygen atoms in total. The fraction of sp³-hybridized carbons (Fsp3) is 0.486. The standard InChI is InChI=1S/C37H46N6O/c1-37-27-29(28-9-12-30(13-10-28)41-21-19-39(2)20-22-41)11-14-33(37)43-18-6-17-42(16-5-15-40-23-25-44-26-24-40)34-31-7-3-4-8-32(31)38-36(37)35(34)43/h3-4,7-14H,5-6,15-27H2,1-2H3. The first-order valence-electron chi connectivity index (χ1n) is 16.8. The highest BCUT2D eigenvalue weighted by molar-refractivity contribution is 6.02. The predicted octanol–water partition coefficient (Wildman–Crippen LogP) is 5.37. The summed E-state index contributed by atoms with van der Waals surface area (Å²) in [5.74, 6) is 0. The number of rotatable bonds is 6. The molecule has 44 heavy (non-hydrogen) atoms. The van der Waals surface area contributed by atoms with E-state index in [1.807, 2.05) is 0 Å². The molecule has 1 unspecified atom stereocenters. The van der Waals surface area contributed by atoms with Gasteiger partial charge in [-0.1, -0.05) is 36.4 Å². The summed E-state index contributed by atoms with van der Waals surface area (Å²) in [6.07, 6.45) is 8.09. The first-order chi connectivity index (χ1) is 21.6. The molecule has 7 heteroatoms. The molecule has 3 aromatic rings. The summed E-state index contributed by atoms with van der Waals surface area (Å²) in [6, 6.07) is 18.2. The zero-order valence-electron chi connectivity index (χ0n) is 26.5. The highest BCUT2D eigenvalue weighted by Gasteiger charge is 2.49. The number of morpholine rings is 1. The van der Waals surface area contributed by atoms with E-state index in [0.717, 1.165) is 97.0 Å². The van der Waals surface area contributed by atoms with Gasteiger partial charge in [-0.2, -0.15) is 0 Å². The molecular weight excluding hydrogens is 544 g/mol. The van der Waals surface area contributed by atoms with Crippen LogP contribution in [0.2, 0.25) is 0 Å². The molecule has 2 saturated heterocycles. The maximum atomic E-state index is 5.59. The van der Waals surface area contributed by atoms with E-state index in [-0.39, 0.29) is 5.41 Å². The number of benzene rings is 2. The van der Waals surface area contributed by atoms with Crippen LogP contribution in [0.4, 0.5) is 17.1 Å². The first-order valence-corrected chi connectivity index (χ1v) is 16.8. The van der Waals surface area contributed by atoms with Crippen LogP contribution in [-0.2, 0) is 10.2 Å². The van der Waals surface area contributed by atoms with Crippen molar-refractivity contribution >= 4 is 33.5 Å². The third kappa shape index (κ3) is 4.90. The van der Waals surface area contributed by atoms with E-state index in [9.17, 15) is 0 Å². The van der Waals surface area contributed by atoms with Gasteiger partial charge in [-0.15, -0.1) is 0 Å². The zero-order valence-corrected chi connectivity index (χ0v) is 26.5. The van der Waals surface area contributed by atoms with Crippen LogP contribution in [0.5, 0.6) is 0 Å². The van der Waals surface area contributed by atoms with Crippen LogP contribution in [0.3, 0.4) is 0 Å². The summed E-state index contributed by atoms with van der Waals surface area (Å²) in [5, 5.41) is 1.29. The third-order valence-corrected chi connectivity index (χ3v) is 10.7. The highest BCUT2D eigenvalue weighted by Crippen LogP contribution is 2.58. The van der Waals surface area contributed by atoms with Crippen molar-refractivity contribution in [1.82, 2.24) is 14.8 Å².